The van der Waals surface area contributed by atoms with E-state index >= 15 is 0 Å². The average Bonchev–Trinajstić information content (AvgIpc) is 2.92. The average molecular weight is 558 g/mol. The summed E-state index contributed by atoms with van der Waals surface area (Å²) in [4.78, 5) is 28.8. The van der Waals surface area contributed by atoms with E-state index in [-0.39, 0.29) is 30.8 Å². The second-order valence-corrected chi connectivity index (χ2v) is 12.3. The highest BCUT2D eigenvalue weighted by Crippen LogP contribution is 2.23. The Labute approximate surface area is 233 Å². The molecule has 0 spiro atoms. The molecule has 39 heavy (non-hydrogen) atoms. The summed E-state index contributed by atoms with van der Waals surface area (Å²) in [5, 5.41) is 3.20. The van der Waals surface area contributed by atoms with Crippen LogP contribution < -0.4 is 14.4 Å². The molecular formula is C30H43N3O5S. The number of rotatable bonds is 13. The fraction of sp³-hybridized carbons (Fsp3) is 0.533. The summed E-state index contributed by atoms with van der Waals surface area (Å²) in [5.41, 5.74) is 2.56. The normalized spacial score (nSPS) is 14.9. The molecule has 1 N–H and O–H groups in total. The van der Waals surface area contributed by atoms with Crippen LogP contribution in [0.2, 0.25) is 0 Å². The second kappa shape index (κ2) is 14.4. The predicted molar refractivity (Wildman–Crippen MR) is 155 cm³/mol. The van der Waals surface area contributed by atoms with E-state index in [0.717, 1.165) is 43.1 Å². The van der Waals surface area contributed by atoms with Crippen molar-refractivity contribution in [1.29, 1.82) is 0 Å². The quantitative estimate of drug-likeness (QED) is 0.382. The molecule has 0 saturated heterocycles. The topological polar surface area (TPSA) is 96.0 Å². The molecule has 0 aliphatic heterocycles. The van der Waals surface area contributed by atoms with Gasteiger partial charge in [-0.15, -0.1) is 0 Å². The first-order valence-electron chi connectivity index (χ1n) is 13.9. The van der Waals surface area contributed by atoms with Gasteiger partial charge in [-0.05, 0) is 68.0 Å². The summed E-state index contributed by atoms with van der Waals surface area (Å²) < 4.78 is 31.6. The summed E-state index contributed by atoms with van der Waals surface area (Å²) in [7, 11) is -2.01. The van der Waals surface area contributed by atoms with Gasteiger partial charge in [-0.25, -0.2) is 8.42 Å². The lowest BCUT2D eigenvalue weighted by Gasteiger charge is -2.33. The van der Waals surface area contributed by atoms with Gasteiger partial charge < -0.3 is 15.0 Å². The third kappa shape index (κ3) is 8.71. The van der Waals surface area contributed by atoms with E-state index in [2.05, 4.69) is 5.32 Å². The number of carbonyl (C=O) groups is 2. The number of hydrogen-bond acceptors (Lipinski definition) is 5. The number of nitrogens with zero attached hydrogens (tertiary/aromatic N) is 2. The van der Waals surface area contributed by atoms with E-state index in [1.165, 1.54) is 10.7 Å². The van der Waals surface area contributed by atoms with Crippen LogP contribution in [-0.2, 0) is 26.2 Å². The maximum Gasteiger partial charge on any atom is 0.243 e. The molecule has 2 aromatic rings. The second-order valence-electron chi connectivity index (χ2n) is 10.4. The van der Waals surface area contributed by atoms with Gasteiger partial charge in [0, 0.05) is 25.6 Å². The van der Waals surface area contributed by atoms with E-state index in [1.807, 2.05) is 38.1 Å². The minimum absolute atomic E-state index is 0.109. The van der Waals surface area contributed by atoms with Crippen molar-refractivity contribution in [2.24, 2.45) is 0 Å². The van der Waals surface area contributed by atoms with Gasteiger partial charge in [-0.2, -0.15) is 0 Å². The highest BCUT2D eigenvalue weighted by atomic mass is 32.2. The van der Waals surface area contributed by atoms with E-state index in [0.29, 0.717) is 30.8 Å². The Balaban J connectivity index is 1.75. The molecule has 0 bridgehead atoms. The molecule has 0 radical (unpaired) electrons. The van der Waals surface area contributed by atoms with Crippen LogP contribution in [0.1, 0.15) is 69.4 Å². The van der Waals surface area contributed by atoms with Gasteiger partial charge in [0.05, 0.1) is 19.1 Å². The lowest BCUT2D eigenvalue weighted by molar-refractivity contribution is -0.141. The maximum atomic E-state index is 13.7. The molecule has 2 aromatic carbocycles. The summed E-state index contributed by atoms with van der Waals surface area (Å²) >= 11 is 0. The molecule has 1 fully saturated rings. The number of nitrogens with one attached hydrogen (secondary N) is 1. The minimum Gasteiger partial charge on any atom is -0.497 e. The van der Waals surface area contributed by atoms with Gasteiger partial charge in [0.1, 0.15) is 11.8 Å². The van der Waals surface area contributed by atoms with Crippen LogP contribution in [-0.4, -0.2) is 57.1 Å². The van der Waals surface area contributed by atoms with Crippen molar-refractivity contribution in [1.82, 2.24) is 10.2 Å². The summed E-state index contributed by atoms with van der Waals surface area (Å²) in [6.45, 7) is 4.41. The molecule has 0 aromatic heterocycles. The summed E-state index contributed by atoms with van der Waals surface area (Å²) in [6.07, 6.45) is 7.47. The monoisotopic (exact) mass is 557 g/mol. The SMILES string of the molecule is CC[C@H](C(=O)NC1CCCCC1)N(Cc1ccccc1C)C(=O)CCCN(c1ccc(OC)cc1)S(C)(=O)=O. The van der Waals surface area contributed by atoms with Crippen LogP contribution in [0.25, 0.3) is 0 Å². The number of methoxy groups -OCH3 is 1. The van der Waals surface area contributed by atoms with Crippen LogP contribution in [0.4, 0.5) is 5.69 Å². The van der Waals surface area contributed by atoms with Crippen LogP contribution in [0.3, 0.4) is 0 Å². The van der Waals surface area contributed by atoms with Gasteiger partial charge >= 0.3 is 0 Å². The Morgan fingerprint density at radius 3 is 2.31 bits per heavy atom. The van der Waals surface area contributed by atoms with Crippen molar-refractivity contribution in [3.8, 4) is 5.75 Å². The van der Waals surface area contributed by atoms with E-state index in [9.17, 15) is 18.0 Å². The Morgan fingerprint density at radius 2 is 1.72 bits per heavy atom. The highest BCUT2D eigenvalue weighted by Gasteiger charge is 2.30. The Morgan fingerprint density at radius 1 is 1.05 bits per heavy atom. The van der Waals surface area contributed by atoms with E-state index in [4.69, 9.17) is 4.74 Å². The first kappa shape index (κ1) is 30.5. The van der Waals surface area contributed by atoms with Crippen LogP contribution in [0.5, 0.6) is 5.75 Å². The summed E-state index contributed by atoms with van der Waals surface area (Å²) in [6, 6.07) is 14.2. The molecule has 1 saturated carbocycles. The molecule has 3 rings (SSSR count). The summed E-state index contributed by atoms with van der Waals surface area (Å²) in [5.74, 6) is 0.362. The highest BCUT2D eigenvalue weighted by molar-refractivity contribution is 7.92. The predicted octanol–water partition coefficient (Wildman–Crippen LogP) is 4.81. The first-order chi connectivity index (χ1) is 18.6. The zero-order chi connectivity index (χ0) is 28.4. The maximum absolute atomic E-state index is 13.7. The fourth-order valence-corrected chi connectivity index (χ4v) is 6.15. The van der Waals surface area contributed by atoms with Crippen molar-refractivity contribution < 1.29 is 22.7 Å². The largest absolute Gasteiger partial charge is 0.497 e. The zero-order valence-corrected chi connectivity index (χ0v) is 24.5. The van der Waals surface area contributed by atoms with Crippen LogP contribution in [0, 0.1) is 6.92 Å². The number of ether oxygens (including phenoxy) is 1. The lowest BCUT2D eigenvalue weighted by Crippen LogP contribution is -2.51. The Kier molecular flexibility index (Phi) is 11.2. The molecule has 0 unspecified atom stereocenters. The third-order valence-electron chi connectivity index (χ3n) is 7.45. The van der Waals surface area contributed by atoms with E-state index in [1.54, 1.807) is 36.3 Å². The number of sulfonamides is 1. The molecule has 8 nitrogen and oxygen atoms in total. The van der Waals surface area contributed by atoms with Crippen LogP contribution >= 0.6 is 0 Å². The number of hydrogen-bond donors (Lipinski definition) is 1. The molecule has 1 atom stereocenters. The Bertz CT molecular complexity index is 1190. The van der Waals surface area contributed by atoms with Crippen LogP contribution in [0.15, 0.2) is 48.5 Å². The number of benzene rings is 2. The molecule has 9 heteroatoms. The van der Waals surface area contributed by atoms with Crippen molar-refractivity contribution in [2.45, 2.75) is 83.8 Å². The molecule has 214 valence electrons. The van der Waals surface area contributed by atoms with Gasteiger partial charge in [0.2, 0.25) is 21.8 Å². The molecule has 0 heterocycles. The number of aryl methyl sites for hydroxylation is 1. The van der Waals surface area contributed by atoms with Gasteiger partial charge in [0.15, 0.2) is 0 Å². The van der Waals surface area contributed by atoms with Gasteiger partial charge in [0.25, 0.3) is 0 Å². The number of carbonyl (C=O) groups excluding carboxylic acids is 2. The number of amides is 2. The molecular weight excluding hydrogens is 514 g/mol. The standard InChI is InChI=1S/C30H43N3O5S/c1-5-28(30(35)31-25-14-7-6-8-15-25)32(22-24-13-10-9-12-23(24)2)29(34)16-11-21-33(39(4,36)37)26-17-19-27(38-3)20-18-26/h9-10,12-13,17-20,25,28H,5-8,11,14-16,21-22H2,1-4H3,(H,31,35)/t28-/m1/s1. The van der Waals surface area contributed by atoms with Crippen molar-refractivity contribution in [2.75, 3.05) is 24.2 Å². The number of anilines is 1. The first-order valence-corrected chi connectivity index (χ1v) is 15.7. The third-order valence-corrected chi connectivity index (χ3v) is 8.65. The van der Waals surface area contributed by atoms with Gasteiger partial charge in [-0.3, -0.25) is 13.9 Å². The van der Waals surface area contributed by atoms with Gasteiger partial charge in [-0.1, -0.05) is 50.5 Å². The Hall–Kier alpha value is -3.07. The molecule has 1 aliphatic rings. The minimum atomic E-state index is -3.56. The zero-order valence-electron chi connectivity index (χ0n) is 23.7. The smallest absolute Gasteiger partial charge is 0.243 e. The fourth-order valence-electron chi connectivity index (χ4n) is 5.19. The lowest BCUT2D eigenvalue weighted by atomic mass is 9.95. The van der Waals surface area contributed by atoms with Crippen molar-refractivity contribution in [3.05, 3.63) is 59.7 Å². The van der Waals surface area contributed by atoms with Crippen molar-refractivity contribution in [3.63, 3.8) is 0 Å². The molecule has 2 amide bonds. The molecule has 1 aliphatic carbocycles. The van der Waals surface area contributed by atoms with Crippen molar-refractivity contribution >= 4 is 27.5 Å². The van der Waals surface area contributed by atoms with E-state index < -0.39 is 16.1 Å².